The highest BCUT2D eigenvalue weighted by molar-refractivity contribution is 6.08. The lowest BCUT2D eigenvalue weighted by Crippen LogP contribution is -2.46. The SMILES string of the molecule is COc1ccc([C@H](C(=O)NC2CCCC2)N(C(=O)c2ccco2)c2ccc(C)c(F)c2)cc1. The molecule has 1 fully saturated rings. The zero-order valence-electron chi connectivity index (χ0n) is 18.7. The van der Waals surface area contributed by atoms with Crippen molar-refractivity contribution in [2.45, 2.75) is 44.7 Å². The second-order valence-corrected chi connectivity index (χ2v) is 8.25. The Morgan fingerprint density at radius 3 is 2.45 bits per heavy atom. The average molecular weight is 451 g/mol. The van der Waals surface area contributed by atoms with E-state index >= 15 is 0 Å². The summed E-state index contributed by atoms with van der Waals surface area (Å²) in [5.41, 5.74) is 1.29. The molecule has 7 heteroatoms. The van der Waals surface area contributed by atoms with Gasteiger partial charge in [-0.2, -0.15) is 0 Å². The van der Waals surface area contributed by atoms with E-state index in [1.54, 1.807) is 56.5 Å². The smallest absolute Gasteiger partial charge is 0.294 e. The van der Waals surface area contributed by atoms with Crippen LogP contribution < -0.4 is 15.0 Å². The number of hydrogen-bond acceptors (Lipinski definition) is 4. The fourth-order valence-electron chi connectivity index (χ4n) is 4.19. The number of carbonyl (C=O) groups is 2. The molecule has 0 spiro atoms. The lowest BCUT2D eigenvalue weighted by Gasteiger charge is -2.32. The number of nitrogens with one attached hydrogen (secondary N) is 1. The summed E-state index contributed by atoms with van der Waals surface area (Å²) in [5, 5.41) is 3.09. The van der Waals surface area contributed by atoms with Crippen molar-refractivity contribution in [1.82, 2.24) is 5.32 Å². The van der Waals surface area contributed by atoms with Crippen molar-refractivity contribution in [2.75, 3.05) is 12.0 Å². The Labute approximate surface area is 192 Å². The summed E-state index contributed by atoms with van der Waals surface area (Å²) in [7, 11) is 1.56. The second kappa shape index (κ2) is 9.90. The lowest BCUT2D eigenvalue weighted by atomic mass is 10.0. The monoisotopic (exact) mass is 450 g/mol. The normalized spacial score (nSPS) is 14.6. The molecule has 4 rings (SSSR count). The largest absolute Gasteiger partial charge is 0.497 e. The molecule has 1 atom stereocenters. The van der Waals surface area contributed by atoms with Crippen molar-refractivity contribution >= 4 is 17.5 Å². The van der Waals surface area contributed by atoms with Gasteiger partial charge in [-0.3, -0.25) is 14.5 Å². The first-order valence-corrected chi connectivity index (χ1v) is 11.1. The highest BCUT2D eigenvalue weighted by Crippen LogP contribution is 2.32. The second-order valence-electron chi connectivity index (χ2n) is 8.25. The maximum Gasteiger partial charge on any atom is 0.294 e. The van der Waals surface area contributed by atoms with Crippen LogP contribution in [-0.2, 0) is 4.79 Å². The van der Waals surface area contributed by atoms with E-state index in [1.165, 1.54) is 23.3 Å². The van der Waals surface area contributed by atoms with Gasteiger partial charge >= 0.3 is 0 Å². The topological polar surface area (TPSA) is 71.8 Å². The van der Waals surface area contributed by atoms with Gasteiger partial charge in [0.1, 0.15) is 17.6 Å². The van der Waals surface area contributed by atoms with Gasteiger partial charge in [-0.15, -0.1) is 0 Å². The Balaban J connectivity index is 1.82. The van der Waals surface area contributed by atoms with E-state index in [-0.39, 0.29) is 23.4 Å². The summed E-state index contributed by atoms with van der Waals surface area (Å²) in [4.78, 5) is 28.5. The van der Waals surface area contributed by atoms with Gasteiger partial charge in [-0.05, 0) is 67.3 Å². The number of amides is 2. The predicted molar refractivity (Wildman–Crippen MR) is 123 cm³/mol. The van der Waals surface area contributed by atoms with Crippen LogP contribution >= 0.6 is 0 Å². The van der Waals surface area contributed by atoms with Crippen molar-refractivity contribution < 1.29 is 23.1 Å². The highest BCUT2D eigenvalue weighted by atomic mass is 19.1. The molecular formula is C26H27FN2O4. The lowest BCUT2D eigenvalue weighted by molar-refractivity contribution is -0.123. The Bertz CT molecular complexity index is 1110. The van der Waals surface area contributed by atoms with E-state index < -0.39 is 17.8 Å². The summed E-state index contributed by atoms with van der Waals surface area (Å²) in [6.45, 7) is 1.64. The molecule has 6 nitrogen and oxygen atoms in total. The van der Waals surface area contributed by atoms with Crippen LogP contribution in [0.1, 0.15) is 53.4 Å². The molecule has 1 saturated carbocycles. The quantitative estimate of drug-likeness (QED) is 0.538. The molecule has 0 bridgehead atoms. The highest BCUT2D eigenvalue weighted by Gasteiger charge is 2.36. The maximum absolute atomic E-state index is 14.6. The molecule has 1 aliphatic rings. The van der Waals surface area contributed by atoms with Crippen LogP contribution in [-0.4, -0.2) is 25.0 Å². The van der Waals surface area contributed by atoms with Gasteiger partial charge in [0.2, 0.25) is 5.91 Å². The summed E-state index contributed by atoms with van der Waals surface area (Å²) in [6, 6.07) is 13.6. The summed E-state index contributed by atoms with van der Waals surface area (Å²) in [5.74, 6) is -0.643. The number of rotatable bonds is 7. The summed E-state index contributed by atoms with van der Waals surface area (Å²) >= 11 is 0. The fourth-order valence-corrected chi connectivity index (χ4v) is 4.19. The van der Waals surface area contributed by atoms with Crippen molar-refractivity contribution in [1.29, 1.82) is 0 Å². The Kier molecular flexibility index (Phi) is 6.77. The fraction of sp³-hybridized carbons (Fsp3) is 0.308. The molecule has 0 unspecified atom stereocenters. The van der Waals surface area contributed by atoms with Crippen LogP contribution in [0.4, 0.5) is 10.1 Å². The minimum atomic E-state index is -1.03. The third kappa shape index (κ3) is 4.92. The standard InChI is InChI=1S/C26H27FN2O4/c1-17-9-12-20(16-22(17)27)29(26(31)23-8-5-15-33-23)24(18-10-13-21(32-2)14-11-18)25(30)28-19-6-3-4-7-19/h5,8-16,19,24H,3-4,6-7H2,1-2H3,(H,28,30)/t24-/m1/s1. The minimum Gasteiger partial charge on any atom is -0.497 e. The van der Waals surface area contributed by atoms with E-state index in [0.29, 0.717) is 16.9 Å². The van der Waals surface area contributed by atoms with Crippen LogP contribution in [0, 0.1) is 12.7 Å². The number of methoxy groups -OCH3 is 1. The molecule has 1 aromatic heterocycles. The van der Waals surface area contributed by atoms with Crippen molar-refractivity contribution in [3.05, 3.63) is 83.6 Å². The molecule has 0 radical (unpaired) electrons. The van der Waals surface area contributed by atoms with Gasteiger partial charge in [0.15, 0.2) is 5.76 Å². The van der Waals surface area contributed by atoms with Crippen LogP contribution in [0.15, 0.2) is 65.3 Å². The Morgan fingerprint density at radius 1 is 1.12 bits per heavy atom. The van der Waals surface area contributed by atoms with E-state index in [4.69, 9.17) is 9.15 Å². The first kappa shape index (κ1) is 22.6. The van der Waals surface area contributed by atoms with Gasteiger partial charge in [0.05, 0.1) is 13.4 Å². The van der Waals surface area contributed by atoms with Crippen LogP contribution in [0.2, 0.25) is 0 Å². The maximum atomic E-state index is 14.6. The summed E-state index contributed by atoms with van der Waals surface area (Å²) < 4.78 is 25.2. The number of benzene rings is 2. The number of aryl methyl sites for hydroxylation is 1. The molecule has 2 amide bonds. The number of ether oxygens (including phenoxy) is 1. The third-order valence-corrected chi connectivity index (χ3v) is 6.02. The number of hydrogen-bond donors (Lipinski definition) is 1. The van der Waals surface area contributed by atoms with Crippen LogP contribution in [0.25, 0.3) is 0 Å². The zero-order chi connectivity index (χ0) is 23.4. The molecule has 0 saturated heterocycles. The van der Waals surface area contributed by atoms with E-state index in [2.05, 4.69) is 5.32 Å². The molecule has 1 aliphatic carbocycles. The van der Waals surface area contributed by atoms with Gasteiger partial charge in [0.25, 0.3) is 5.91 Å². The number of halogens is 1. The molecular weight excluding hydrogens is 423 g/mol. The van der Waals surface area contributed by atoms with Crippen molar-refractivity contribution in [3.63, 3.8) is 0 Å². The van der Waals surface area contributed by atoms with Crippen molar-refractivity contribution in [3.8, 4) is 5.75 Å². The van der Waals surface area contributed by atoms with E-state index in [1.807, 2.05) is 0 Å². The zero-order valence-corrected chi connectivity index (χ0v) is 18.7. The first-order chi connectivity index (χ1) is 16.0. The Hall–Kier alpha value is -3.61. The molecule has 0 aliphatic heterocycles. The molecule has 1 heterocycles. The minimum absolute atomic E-state index is 0.0496. The first-order valence-electron chi connectivity index (χ1n) is 11.1. The van der Waals surface area contributed by atoms with Gasteiger partial charge in [-0.25, -0.2) is 4.39 Å². The predicted octanol–water partition coefficient (Wildman–Crippen LogP) is 5.18. The number of furan rings is 1. The number of carbonyl (C=O) groups excluding carboxylic acids is 2. The third-order valence-electron chi connectivity index (χ3n) is 6.02. The van der Waals surface area contributed by atoms with E-state index in [0.717, 1.165) is 25.7 Å². The van der Waals surface area contributed by atoms with E-state index in [9.17, 15) is 14.0 Å². The van der Waals surface area contributed by atoms with Crippen molar-refractivity contribution in [2.24, 2.45) is 0 Å². The van der Waals surface area contributed by atoms with Gasteiger partial charge in [0, 0.05) is 11.7 Å². The molecule has 1 N–H and O–H groups in total. The average Bonchev–Trinajstić information content (AvgIpc) is 3.54. The summed E-state index contributed by atoms with van der Waals surface area (Å²) in [6.07, 6.45) is 5.29. The molecule has 2 aromatic carbocycles. The van der Waals surface area contributed by atoms with Crippen LogP contribution in [0.3, 0.4) is 0 Å². The number of anilines is 1. The van der Waals surface area contributed by atoms with Crippen LogP contribution in [0.5, 0.6) is 5.75 Å². The van der Waals surface area contributed by atoms with Gasteiger partial charge in [-0.1, -0.05) is 31.0 Å². The number of nitrogens with zero attached hydrogens (tertiary/aromatic N) is 1. The molecule has 33 heavy (non-hydrogen) atoms. The molecule has 172 valence electrons. The molecule has 3 aromatic rings. The Morgan fingerprint density at radius 2 is 1.85 bits per heavy atom. The van der Waals surface area contributed by atoms with Gasteiger partial charge < -0.3 is 14.5 Å².